The molecule has 0 aliphatic heterocycles. The Morgan fingerprint density at radius 3 is 2.62 bits per heavy atom. The maximum atomic E-state index is 10.7. The third kappa shape index (κ3) is 4.21. The number of ether oxygens (including phenoxy) is 1. The van der Waals surface area contributed by atoms with Gasteiger partial charge >= 0.3 is 0 Å². The quantitative estimate of drug-likeness (QED) is 0.867. The Bertz CT molecular complexity index is 441. The zero-order chi connectivity index (χ0) is 15.2. The van der Waals surface area contributed by atoms with E-state index in [0.29, 0.717) is 12.6 Å². The van der Waals surface area contributed by atoms with E-state index in [-0.39, 0.29) is 0 Å². The fourth-order valence-corrected chi connectivity index (χ4v) is 3.42. The van der Waals surface area contributed by atoms with Crippen LogP contribution in [0.1, 0.15) is 56.3 Å². The van der Waals surface area contributed by atoms with Crippen LogP contribution in [0.25, 0.3) is 0 Å². The van der Waals surface area contributed by atoms with Crippen molar-refractivity contribution in [3.63, 3.8) is 0 Å². The number of nitrogens with zero attached hydrogens (tertiary/aromatic N) is 1. The molecule has 0 amide bonds. The first-order valence-electron chi connectivity index (χ1n) is 8.22. The Balaban J connectivity index is 2.08. The number of aliphatic hydroxyl groups excluding tert-OH is 1. The van der Waals surface area contributed by atoms with E-state index >= 15 is 0 Å². The van der Waals surface area contributed by atoms with Crippen LogP contribution in [-0.2, 0) is 0 Å². The van der Waals surface area contributed by atoms with Gasteiger partial charge in [-0.15, -0.1) is 0 Å². The van der Waals surface area contributed by atoms with Gasteiger partial charge in [0.05, 0.1) is 13.2 Å². The minimum Gasteiger partial charge on any atom is -0.496 e. The third-order valence-electron chi connectivity index (χ3n) is 4.65. The van der Waals surface area contributed by atoms with Gasteiger partial charge in [-0.05, 0) is 38.4 Å². The predicted molar refractivity (Wildman–Crippen MR) is 86.8 cm³/mol. The SMILES string of the molecule is CCN(CC(O)c1cc(C)ccc1OC)C1CCCCC1. The summed E-state index contributed by atoms with van der Waals surface area (Å²) in [6.45, 7) is 5.93. The summed E-state index contributed by atoms with van der Waals surface area (Å²) in [5.74, 6) is 0.785. The molecule has 1 N–H and O–H groups in total. The van der Waals surface area contributed by atoms with Gasteiger partial charge in [0.25, 0.3) is 0 Å². The Morgan fingerprint density at radius 2 is 2.00 bits per heavy atom. The first-order valence-corrected chi connectivity index (χ1v) is 8.22. The van der Waals surface area contributed by atoms with Crippen molar-refractivity contribution in [2.45, 2.75) is 58.1 Å². The number of methoxy groups -OCH3 is 1. The molecular formula is C18H29NO2. The molecule has 0 aromatic heterocycles. The molecule has 1 aliphatic rings. The van der Waals surface area contributed by atoms with Crippen LogP contribution in [-0.4, -0.2) is 36.2 Å². The second-order valence-electron chi connectivity index (χ2n) is 6.14. The molecule has 3 heteroatoms. The number of benzene rings is 1. The van der Waals surface area contributed by atoms with Crippen LogP contribution in [0, 0.1) is 6.92 Å². The van der Waals surface area contributed by atoms with Crippen molar-refractivity contribution in [1.82, 2.24) is 4.90 Å². The molecule has 0 saturated heterocycles. The maximum Gasteiger partial charge on any atom is 0.124 e. The largest absolute Gasteiger partial charge is 0.496 e. The standard InChI is InChI=1S/C18H29NO2/c1-4-19(15-8-6-5-7-9-15)13-17(20)16-12-14(2)10-11-18(16)21-3/h10-12,15,17,20H,4-9,13H2,1-3H3. The molecule has 1 aliphatic carbocycles. The van der Waals surface area contributed by atoms with Gasteiger partial charge in [-0.1, -0.05) is 37.8 Å². The normalized spacial score (nSPS) is 18.0. The van der Waals surface area contributed by atoms with E-state index in [1.807, 2.05) is 25.1 Å². The van der Waals surface area contributed by atoms with Crippen LogP contribution >= 0.6 is 0 Å². The minimum atomic E-state index is -0.485. The summed E-state index contributed by atoms with van der Waals surface area (Å²) in [5.41, 5.74) is 2.07. The van der Waals surface area contributed by atoms with E-state index in [0.717, 1.165) is 23.4 Å². The molecule has 0 spiro atoms. The lowest BCUT2D eigenvalue weighted by Gasteiger charge is -2.35. The molecule has 1 aromatic carbocycles. The van der Waals surface area contributed by atoms with Gasteiger partial charge < -0.3 is 9.84 Å². The molecule has 1 unspecified atom stereocenters. The number of aryl methyl sites for hydroxylation is 1. The molecule has 1 fully saturated rings. The van der Waals surface area contributed by atoms with E-state index in [1.165, 1.54) is 32.1 Å². The Labute approximate surface area is 128 Å². The van der Waals surface area contributed by atoms with Gasteiger partial charge in [-0.3, -0.25) is 4.90 Å². The van der Waals surface area contributed by atoms with Crippen molar-refractivity contribution in [1.29, 1.82) is 0 Å². The lowest BCUT2D eigenvalue weighted by molar-refractivity contribution is 0.0752. The number of likely N-dealkylation sites (N-methyl/N-ethyl adjacent to an activating group) is 1. The van der Waals surface area contributed by atoms with Crippen molar-refractivity contribution in [3.8, 4) is 5.75 Å². The summed E-state index contributed by atoms with van der Waals surface area (Å²) in [7, 11) is 1.67. The second kappa shape index (κ2) is 7.81. The fourth-order valence-electron chi connectivity index (χ4n) is 3.42. The van der Waals surface area contributed by atoms with Gasteiger partial charge in [0.15, 0.2) is 0 Å². The van der Waals surface area contributed by atoms with Gasteiger partial charge in [0.1, 0.15) is 5.75 Å². The minimum absolute atomic E-state index is 0.485. The Morgan fingerprint density at radius 1 is 1.29 bits per heavy atom. The third-order valence-corrected chi connectivity index (χ3v) is 4.65. The van der Waals surface area contributed by atoms with Gasteiger partial charge in [0.2, 0.25) is 0 Å². The van der Waals surface area contributed by atoms with E-state index in [2.05, 4.69) is 11.8 Å². The lowest BCUT2D eigenvalue weighted by atomic mass is 9.93. The summed E-state index contributed by atoms with van der Waals surface area (Å²) in [6, 6.07) is 6.64. The summed E-state index contributed by atoms with van der Waals surface area (Å²) in [5, 5.41) is 10.7. The zero-order valence-corrected chi connectivity index (χ0v) is 13.6. The van der Waals surface area contributed by atoms with Crippen LogP contribution < -0.4 is 4.74 Å². The van der Waals surface area contributed by atoms with E-state index in [4.69, 9.17) is 4.74 Å². The number of hydrogen-bond acceptors (Lipinski definition) is 3. The highest BCUT2D eigenvalue weighted by atomic mass is 16.5. The highest BCUT2D eigenvalue weighted by Crippen LogP contribution is 2.29. The number of hydrogen-bond donors (Lipinski definition) is 1. The molecule has 21 heavy (non-hydrogen) atoms. The first-order chi connectivity index (χ1) is 10.2. The van der Waals surface area contributed by atoms with Gasteiger partial charge in [-0.2, -0.15) is 0 Å². The average molecular weight is 291 g/mol. The second-order valence-corrected chi connectivity index (χ2v) is 6.14. The summed E-state index contributed by atoms with van der Waals surface area (Å²) in [6.07, 6.45) is 6.07. The monoisotopic (exact) mass is 291 g/mol. The van der Waals surface area contributed by atoms with Crippen molar-refractivity contribution in [2.24, 2.45) is 0 Å². The number of aliphatic hydroxyl groups is 1. The molecule has 1 aromatic rings. The maximum absolute atomic E-state index is 10.7. The zero-order valence-electron chi connectivity index (χ0n) is 13.6. The highest BCUT2D eigenvalue weighted by Gasteiger charge is 2.23. The van der Waals surface area contributed by atoms with Gasteiger partial charge in [-0.25, -0.2) is 0 Å². The molecule has 1 saturated carbocycles. The average Bonchev–Trinajstić information content (AvgIpc) is 2.53. The highest BCUT2D eigenvalue weighted by molar-refractivity contribution is 5.38. The molecule has 118 valence electrons. The molecule has 1 atom stereocenters. The van der Waals surface area contributed by atoms with Crippen molar-refractivity contribution in [3.05, 3.63) is 29.3 Å². The number of rotatable bonds is 6. The fraction of sp³-hybridized carbons (Fsp3) is 0.667. The van der Waals surface area contributed by atoms with Crippen molar-refractivity contribution < 1.29 is 9.84 Å². The van der Waals surface area contributed by atoms with Crippen LogP contribution in [0.15, 0.2) is 18.2 Å². The van der Waals surface area contributed by atoms with Crippen LogP contribution in [0.4, 0.5) is 0 Å². The van der Waals surface area contributed by atoms with Crippen LogP contribution in [0.5, 0.6) is 5.75 Å². The van der Waals surface area contributed by atoms with E-state index in [1.54, 1.807) is 7.11 Å². The first kappa shape index (κ1) is 16.3. The Hall–Kier alpha value is -1.06. The molecule has 2 rings (SSSR count). The van der Waals surface area contributed by atoms with Crippen molar-refractivity contribution in [2.75, 3.05) is 20.2 Å². The van der Waals surface area contributed by atoms with Crippen LogP contribution in [0.2, 0.25) is 0 Å². The predicted octanol–water partition coefficient (Wildman–Crippen LogP) is 3.69. The summed E-state index contributed by atoms with van der Waals surface area (Å²) < 4.78 is 5.40. The van der Waals surface area contributed by atoms with E-state index in [9.17, 15) is 5.11 Å². The lowest BCUT2D eigenvalue weighted by Crippen LogP contribution is -2.39. The van der Waals surface area contributed by atoms with Gasteiger partial charge in [0, 0.05) is 18.2 Å². The molecule has 0 heterocycles. The Kier molecular flexibility index (Phi) is 6.07. The molecule has 3 nitrogen and oxygen atoms in total. The summed E-state index contributed by atoms with van der Waals surface area (Å²) >= 11 is 0. The molecule has 0 radical (unpaired) electrons. The smallest absolute Gasteiger partial charge is 0.124 e. The van der Waals surface area contributed by atoms with E-state index < -0.39 is 6.10 Å². The van der Waals surface area contributed by atoms with Crippen molar-refractivity contribution >= 4 is 0 Å². The van der Waals surface area contributed by atoms with Crippen LogP contribution in [0.3, 0.4) is 0 Å². The molecule has 0 bridgehead atoms. The molecular weight excluding hydrogens is 262 g/mol. The topological polar surface area (TPSA) is 32.7 Å². The summed E-state index contributed by atoms with van der Waals surface area (Å²) in [4.78, 5) is 2.44.